The monoisotopic (exact) mass is 352 g/mol. The van der Waals surface area contributed by atoms with Crippen molar-refractivity contribution >= 4 is 5.91 Å². The molecule has 1 aliphatic rings. The van der Waals surface area contributed by atoms with Gasteiger partial charge in [-0.25, -0.2) is 0 Å². The van der Waals surface area contributed by atoms with Gasteiger partial charge < -0.3 is 10.1 Å². The van der Waals surface area contributed by atoms with Gasteiger partial charge in [-0.3, -0.25) is 9.78 Å². The number of benzene rings is 1. The van der Waals surface area contributed by atoms with Crippen LogP contribution in [0.25, 0.3) is 11.1 Å². The van der Waals surface area contributed by atoms with Gasteiger partial charge in [0, 0.05) is 37.2 Å². The lowest BCUT2D eigenvalue weighted by molar-refractivity contribution is -0.137. The third kappa shape index (κ3) is 4.13. The van der Waals surface area contributed by atoms with Crippen LogP contribution in [0, 0.1) is 5.41 Å². The van der Waals surface area contributed by atoms with E-state index in [1.165, 1.54) is 5.56 Å². The fourth-order valence-electron chi connectivity index (χ4n) is 3.57. The maximum atomic E-state index is 13.2. The first-order valence-electron chi connectivity index (χ1n) is 9.51. The molecule has 1 saturated heterocycles. The predicted octanol–water partition coefficient (Wildman–Crippen LogP) is 4.00. The third-order valence-electron chi connectivity index (χ3n) is 5.44. The van der Waals surface area contributed by atoms with Crippen molar-refractivity contribution in [3.8, 4) is 11.1 Å². The smallest absolute Gasteiger partial charge is 0.226 e. The summed E-state index contributed by atoms with van der Waals surface area (Å²) in [6.45, 7) is 5.44. The van der Waals surface area contributed by atoms with E-state index in [1.807, 2.05) is 18.3 Å². The van der Waals surface area contributed by atoms with Gasteiger partial charge in [-0.1, -0.05) is 37.3 Å². The molecule has 138 valence electrons. The van der Waals surface area contributed by atoms with Crippen molar-refractivity contribution in [2.24, 2.45) is 5.41 Å². The Morgan fingerprint density at radius 1 is 1.23 bits per heavy atom. The zero-order chi connectivity index (χ0) is 18.4. The standard InChI is InChI=1S/C22H28N2O2/c1-3-17(2)24-21(25)22(10-13-26-14-11-22)15-18-7-4-5-9-20(18)19-8-6-12-23-16-19/h4-9,12,16-17H,3,10-11,13-15H2,1-2H3,(H,24,25)/t17-/m1/s1. The van der Waals surface area contributed by atoms with Crippen LogP contribution in [0.5, 0.6) is 0 Å². The number of nitrogens with zero attached hydrogens (tertiary/aromatic N) is 1. The Bertz CT molecular complexity index is 724. The number of pyridine rings is 1. The van der Waals surface area contributed by atoms with Gasteiger partial charge in [0.1, 0.15) is 0 Å². The number of amides is 1. The van der Waals surface area contributed by atoms with Gasteiger partial charge in [0.15, 0.2) is 0 Å². The minimum Gasteiger partial charge on any atom is -0.381 e. The van der Waals surface area contributed by atoms with E-state index in [-0.39, 0.29) is 11.9 Å². The maximum absolute atomic E-state index is 13.2. The summed E-state index contributed by atoms with van der Waals surface area (Å²) in [5.74, 6) is 0.163. The molecule has 0 radical (unpaired) electrons. The topological polar surface area (TPSA) is 51.2 Å². The van der Waals surface area contributed by atoms with Crippen LogP contribution in [0.15, 0.2) is 48.8 Å². The molecule has 1 fully saturated rings. The van der Waals surface area contributed by atoms with E-state index in [0.717, 1.165) is 36.8 Å². The molecule has 1 N–H and O–H groups in total. The van der Waals surface area contributed by atoms with Gasteiger partial charge in [0.05, 0.1) is 5.41 Å². The highest BCUT2D eigenvalue weighted by atomic mass is 16.5. The SMILES string of the molecule is CC[C@@H](C)NC(=O)C1(Cc2ccccc2-c2cccnc2)CCOCC1. The zero-order valence-corrected chi connectivity index (χ0v) is 15.7. The minimum atomic E-state index is -0.403. The fourth-order valence-corrected chi connectivity index (χ4v) is 3.57. The normalized spacial score (nSPS) is 17.5. The third-order valence-corrected chi connectivity index (χ3v) is 5.44. The van der Waals surface area contributed by atoms with Crippen molar-refractivity contribution in [1.29, 1.82) is 0 Å². The van der Waals surface area contributed by atoms with Gasteiger partial charge in [-0.15, -0.1) is 0 Å². The van der Waals surface area contributed by atoms with Crippen LogP contribution >= 0.6 is 0 Å². The minimum absolute atomic E-state index is 0.163. The summed E-state index contributed by atoms with van der Waals surface area (Å²) in [7, 11) is 0. The number of hydrogen-bond acceptors (Lipinski definition) is 3. The second-order valence-corrected chi connectivity index (χ2v) is 7.25. The van der Waals surface area contributed by atoms with E-state index in [9.17, 15) is 4.79 Å². The van der Waals surface area contributed by atoms with Crippen molar-refractivity contribution in [2.45, 2.75) is 45.6 Å². The lowest BCUT2D eigenvalue weighted by Crippen LogP contribution is -2.48. The van der Waals surface area contributed by atoms with Crippen molar-refractivity contribution < 1.29 is 9.53 Å². The second-order valence-electron chi connectivity index (χ2n) is 7.25. The highest BCUT2D eigenvalue weighted by Crippen LogP contribution is 2.37. The number of rotatable bonds is 6. The van der Waals surface area contributed by atoms with Crippen molar-refractivity contribution in [3.05, 3.63) is 54.4 Å². The molecular formula is C22H28N2O2. The van der Waals surface area contributed by atoms with Crippen LogP contribution in [0.3, 0.4) is 0 Å². The average Bonchev–Trinajstić information content (AvgIpc) is 2.69. The van der Waals surface area contributed by atoms with Gasteiger partial charge >= 0.3 is 0 Å². The largest absolute Gasteiger partial charge is 0.381 e. The summed E-state index contributed by atoms with van der Waals surface area (Å²) in [4.78, 5) is 17.4. The molecule has 4 nitrogen and oxygen atoms in total. The molecule has 2 aromatic rings. The Hall–Kier alpha value is -2.20. The quantitative estimate of drug-likeness (QED) is 0.855. The molecular weight excluding hydrogens is 324 g/mol. The Morgan fingerprint density at radius 3 is 2.69 bits per heavy atom. The van der Waals surface area contributed by atoms with Crippen molar-refractivity contribution in [2.75, 3.05) is 13.2 Å². The Kier molecular flexibility index (Phi) is 6.04. The Morgan fingerprint density at radius 2 is 2.00 bits per heavy atom. The van der Waals surface area contributed by atoms with E-state index in [4.69, 9.17) is 4.74 Å². The first-order chi connectivity index (χ1) is 12.6. The number of hydrogen-bond donors (Lipinski definition) is 1. The molecule has 1 aromatic heterocycles. The zero-order valence-electron chi connectivity index (χ0n) is 15.7. The van der Waals surface area contributed by atoms with Crippen LogP contribution in [0.1, 0.15) is 38.7 Å². The second kappa shape index (κ2) is 8.45. The van der Waals surface area contributed by atoms with Crippen LogP contribution in [-0.4, -0.2) is 30.1 Å². The molecule has 4 heteroatoms. The summed E-state index contributed by atoms with van der Waals surface area (Å²) in [5.41, 5.74) is 3.04. The summed E-state index contributed by atoms with van der Waals surface area (Å²) in [5, 5.41) is 3.21. The fraction of sp³-hybridized carbons (Fsp3) is 0.455. The van der Waals surface area contributed by atoms with E-state index in [0.29, 0.717) is 13.2 Å². The number of nitrogens with one attached hydrogen (secondary N) is 1. The van der Waals surface area contributed by atoms with Gasteiger partial charge in [-0.2, -0.15) is 0 Å². The first kappa shape index (κ1) is 18.6. The molecule has 1 amide bonds. The van der Waals surface area contributed by atoms with Crippen LogP contribution in [-0.2, 0) is 16.0 Å². The molecule has 0 saturated carbocycles. The number of aromatic nitrogens is 1. The highest BCUT2D eigenvalue weighted by molar-refractivity contribution is 5.84. The molecule has 0 aliphatic carbocycles. The molecule has 26 heavy (non-hydrogen) atoms. The lowest BCUT2D eigenvalue weighted by atomic mass is 9.73. The molecule has 0 spiro atoms. The summed E-state index contributed by atoms with van der Waals surface area (Å²) in [6, 6.07) is 12.6. The number of carbonyl (C=O) groups excluding carboxylic acids is 1. The molecule has 2 heterocycles. The van der Waals surface area contributed by atoms with Crippen LogP contribution < -0.4 is 5.32 Å². The summed E-state index contributed by atoms with van der Waals surface area (Å²) < 4.78 is 5.57. The maximum Gasteiger partial charge on any atom is 0.226 e. The summed E-state index contributed by atoms with van der Waals surface area (Å²) in [6.07, 6.45) is 6.85. The number of ether oxygens (including phenoxy) is 1. The van der Waals surface area contributed by atoms with E-state index < -0.39 is 5.41 Å². The lowest BCUT2D eigenvalue weighted by Gasteiger charge is -2.37. The Balaban J connectivity index is 1.92. The molecule has 0 bridgehead atoms. The molecule has 1 atom stereocenters. The van der Waals surface area contributed by atoms with E-state index >= 15 is 0 Å². The summed E-state index contributed by atoms with van der Waals surface area (Å²) >= 11 is 0. The van der Waals surface area contributed by atoms with E-state index in [2.05, 4.69) is 48.4 Å². The van der Waals surface area contributed by atoms with Crippen LogP contribution in [0.2, 0.25) is 0 Å². The molecule has 3 rings (SSSR count). The van der Waals surface area contributed by atoms with Crippen molar-refractivity contribution in [3.63, 3.8) is 0 Å². The average molecular weight is 352 g/mol. The molecule has 0 unspecified atom stereocenters. The molecule has 1 aliphatic heterocycles. The van der Waals surface area contributed by atoms with Crippen LogP contribution in [0.4, 0.5) is 0 Å². The molecule has 1 aromatic carbocycles. The van der Waals surface area contributed by atoms with Crippen molar-refractivity contribution in [1.82, 2.24) is 10.3 Å². The first-order valence-corrected chi connectivity index (χ1v) is 9.51. The Labute approximate surface area is 156 Å². The van der Waals surface area contributed by atoms with Gasteiger partial charge in [-0.05, 0) is 49.8 Å². The highest BCUT2D eigenvalue weighted by Gasteiger charge is 2.40. The van der Waals surface area contributed by atoms with Gasteiger partial charge in [0.2, 0.25) is 5.91 Å². The predicted molar refractivity (Wildman–Crippen MR) is 104 cm³/mol. The van der Waals surface area contributed by atoms with Gasteiger partial charge in [0.25, 0.3) is 0 Å². The van der Waals surface area contributed by atoms with E-state index in [1.54, 1.807) is 6.20 Å². The number of carbonyl (C=O) groups is 1.